The highest BCUT2D eigenvalue weighted by Crippen LogP contribution is 2.14. The first kappa shape index (κ1) is 13.5. The van der Waals surface area contributed by atoms with Gasteiger partial charge < -0.3 is 14.7 Å². The Kier molecular flexibility index (Phi) is 4.31. The second-order valence-corrected chi connectivity index (χ2v) is 5.24. The van der Waals surface area contributed by atoms with Crippen LogP contribution in [0.1, 0.15) is 17.4 Å². The SMILES string of the molecule is CC1CN(C(=O)c2ccc(Br)cn2)CC(CO)O1. The minimum Gasteiger partial charge on any atom is -0.394 e. The summed E-state index contributed by atoms with van der Waals surface area (Å²) in [5.41, 5.74) is 0.406. The second-order valence-electron chi connectivity index (χ2n) is 4.32. The summed E-state index contributed by atoms with van der Waals surface area (Å²) in [6.45, 7) is 2.73. The number of ether oxygens (including phenoxy) is 1. The van der Waals surface area contributed by atoms with Crippen LogP contribution in [0.5, 0.6) is 0 Å². The lowest BCUT2D eigenvalue weighted by Gasteiger charge is -2.35. The van der Waals surface area contributed by atoms with Gasteiger partial charge in [0.25, 0.3) is 5.91 Å². The monoisotopic (exact) mass is 314 g/mol. The first-order valence-corrected chi connectivity index (χ1v) is 6.56. The molecule has 1 N–H and O–H groups in total. The van der Waals surface area contributed by atoms with Crippen molar-refractivity contribution < 1.29 is 14.6 Å². The molecule has 1 amide bonds. The summed E-state index contributed by atoms with van der Waals surface area (Å²) in [6.07, 6.45) is 1.21. The Bertz CT molecular complexity index is 424. The average Bonchev–Trinajstić information content (AvgIpc) is 2.38. The van der Waals surface area contributed by atoms with Gasteiger partial charge in [0.05, 0.1) is 18.8 Å². The second kappa shape index (κ2) is 5.77. The average molecular weight is 315 g/mol. The van der Waals surface area contributed by atoms with Crippen LogP contribution in [0.25, 0.3) is 0 Å². The normalized spacial score (nSPS) is 24.1. The summed E-state index contributed by atoms with van der Waals surface area (Å²) in [5.74, 6) is -0.129. The van der Waals surface area contributed by atoms with Gasteiger partial charge in [-0.25, -0.2) is 4.98 Å². The maximum absolute atomic E-state index is 12.2. The number of amides is 1. The number of hydrogen-bond donors (Lipinski definition) is 1. The van der Waals surface area contributed by atoms with E-state index in [2.05, 4.69) is 20.9 Å². The van der Waals surface area contributed by atoms with Gasteiger partial charge in [0.2, 0.25) is 0 Å². The van der Waals surface area contributed by atoms with Crippen molar-refractivity contribution in [3.63, 3.8) is 0 Å². The van der Waals surface area contributed by atoms with Crippen LogP contribution in [0.2, 0.25) is 0 Å². The van der Waals surface area contributed by atoms with Gasteiger partial charge in [-0.05, 0) is 35.0 Å². The maximum atomic E-state index is 12.2. The number of nitrogens with zero attached hydrogens (tertiary/aromatic N) is 2. The third-order valence-electron chi connectivity index (χ3n) is 2.76. The third kappa shape index (κ3) is 3.07. The molecule has 1 aromatic rings. The Morgan fingerprint density at radius 1 is 1.61 bits per heavy atom. The van der Waals surface area contributed by atoms with Crippen LogP contribution >= 0.6 is 15.9 Å². The molecule has 1 aromatic heterocycles. The van der Waals surface area contributed by atoms with Gasteiger partial charge in [-0.3, -0.25) is 4.79 Å². The lowest BCUT2D eigenvalue weighted by Crippen LogP contribution is -2.50. The van der Waals surface area contributed by atoms with Gasteiger partial charge >= 0.3 is 0 Å². The highest BCUT2D eigenvalue weighted by molar-refractivity contribution is 9.10. The molecule has 6 heteroatoms. The van der Waals surface area contributed by atoms with Crippen LogP contribution < -0.4 is 0 Å². The smallest absolute Gasteiger partial charge is 0.272 e. The fourth-order valence-corrected chi connectivity index (χ4v) is 2.21. The van der Waals surface area contributed by atoms with Crippen molar-refractivity contribution >= 4 is 21.8 Å². The van der Waals surface area contributed by atoms with Gasteiger partial charge in [-0.2, -0.15) is 0 Å². The highest BCUT2D eigenvalue weighted by atomic mass is 79.9. The number of aliphatic hydroxyl groups is 1. The van der Waals surface area contributed by atoms with E-state index in [1.807, 2.05) is 6.92 Å². The van der Waals surface area contributed by atoms with Crippen LogP contribution in [0, 0.1) is 0 Å². The molecule has 1 saturated heterocycles. The predicted octanol–water partition coefficient (Wildman–Crippen LogP) is 1.07. The number of aromatic nitrogens is 1. The van der Waals surface area contributed by atoms with Crippen LogP contribution in [-0.4, -0.2) is 52.8 Å². The van der Waals surface area contributed by atoms with E-state index in [1.54, 1.807) is 23.2 Å². The Morgan fingerprint density at radius 2 is 2.39 bits per heavy atom. The molecule has 2 atom stereocenters. The first-order valence-electron chi connectivity index (χ1n) is 5.77. The maximum Gasteiger partial charge on any atom is 0.272 e. The largest absolute Gasteiger partial charge is 0.394 e. The molecule has 0 bridgehead atoms. The van der Waals surface area contributed by atoms with Crippen molar-refractivity contribution in [1.82, 2.24) is 9.88 Å². The molecule has 0 aliphatic carbocycles. The molecule has 2 rings (SSSR count). The van der Waals surface area contributed by atoms with Crippen molar-refractivity contribution in [3.05, 3.63) is 28.5 Å². The molecule has 98 valence electrons. The van der Waals surface area contributed by atoms with Gasteiger partial charge in [-0.15, -0.1) is 0 Å². The molecule has 0 spiro atoms. The van der Waals surface area contributed by atoms with Crippen molar-refractivity contribution in [1.29, 1.82) is 0 Å². The number of hydrogen-bond acceptors (Lipinski definition) is 4. The Hall–Kier alpha value is -0.980. The zero-order chi connectivity index (χ0) is 13.1. The zero-order valence-corrected chi connectivity index (χ0v) is 11.6. The Morgan fingerprint density at radius 3 is 3.00 bits per heavy atom. The van der Waals surface area contributed by atoms with Gasteiger partial charge in [0, 0.05) is 23.8 Å². The van der Waals surface area contributed by atoms with Crippen molar-refractivity contribution in [2.24, 2.45) is 0 Å². The van der Waals surface area contributed by atoms with Gasteiger partial charge in [0.1, 0.15) is 5.69 Å². The summed E-state index contributed by atoms with van der Waals surface area (Å²) in [6, 6.07) is 3.47. The molecule has 2 heterocycles. The fraction of sp³-hybridized carbons (Fsp3) is 0.500. The molecule has 0 aromatic carbocycles. The van der Waals surface area contributed by atoms with E-state index in [4.69, 9.17) is 9.84 Å². The van der Waals surface area contributed by atoms with E-state index in [-0.39, 0.29) is 24.7 Å². The standard InChI is InChI=1S/C12H15BrN2O3/c1-8-5-15(6-10(7-16)18-8)12(17)11-3-2-9(13)4-14-11/h2-4,8,10,16H,5-7H2,1H3. The van der Waals surface area contributed by atoms with E-state index in [9.17, 15) is 4.79 Å². The zero-order valence-electron chi connectivity index (χ0n) is 10.0. The molecular formula is C12H15BrN2O3. The van der Waals surface area contributed by atoms with Crippen LogP contribution in [0.3, 0.4) is 0 Å². The number of halogens is 1. The molecule has 2 unspecified atom stereocenters. The quantitative estimate of drug-likeness (QED) is 0.887. The highest BCUT2D eigenvalue weighted by Gasteiger charge is 2.28. The minimum atomic E-state index is -0.312. The Balaban J connectivity index is 2.10. The number of carbonyl (C=O) groups excluding carboxylic acids is 1. The third-order valence-corrected chi connectivity index (χ3v) is 3.23. The van der Waals surface area contributed by atoms with Gasteiger partial charge in [-0.1, -0.05) is 0 Å². The van der Waals surface area contributed by atoms with Gasteiger partial charge in [0.15, 0.2) is 0 Å². The van der Waals surface area contributed by atoms with E-state index < -0.39 is 0 Å². The lowest BCUT2D eigenvalue weighted by molar-refractivity contribution is -0.0859. The van der Waals surface area contributed by atoms with Crippen LogP contribution in [-0.2, 0) is 4.74 Å². The molecule has 1 fully saturated rings. The summed E-state index contributed by atoms with van der Waals surface area (Å²) >= 11 is 3.28. The molecule has 1 aliphatic rings. The van der Waals surface area contributed by atoms with Crippen LogP contribution in [0.4, 0.5) is 0 Å². The lowest BCUT2D eigenvalue weighted by atomic mass is 10.2. The number of rotatable bonds is 2. The van der Waals surface area contributed by atoms with Crippen molar-refractivity contribution in [2.45, 2.75) is 19.1 Å². The number of aliphatic hydroxyl groups excluding tert-OH is 1. The van der Waals surface area contributed by atoms with Crippen molar-refractivity contribution in [3.8, 4) is 0 Å². The van der Waals surface area contributed by atoms with E-state index >= 15 is 0 Å². The summed E-state index contributed by atoms with van der Waals surface area (Å²) < 4.78 is 6.33. The number of carbonyl (C=O) groups is 1. The predicted molar refractivity (Wildman–Crippen MR) is 69.3 cm³/mol. The molecule has 5 nitrogen and oxygen atoms in total. The fourth-order valence-electron chi connectivity index (χ4n) is 1.98. The summed E-state index contributed by atoms with van der Waals surface area (Å²) in [7, 11) is 0. The van der Waals surface area contributed by atoms with E-state index in [1.165, 1.54) is 0 Å². The molecule has 0 saturated carbocycles. The van der Waals surface area contributed by atoms with E-state index in [0.717, 1.165) is 4.47 Å². The molecule has 0 radical (unpaired) electrons. The molecule has 18 heavy (non-hydrogen) atoms. The number of morpholine rings is 1. The summed E-state index contributed by atoms with van der Waals surface area (Å²) in [5, 5.41) is 9.13. The molecular weight excluding hydrogens is 300 g/mol. The summed E-state index contributed by atoms with van der Waals surface area (Å²) in [4.78, 5) is 18.0. The number of pyridine rings is 1. The topological polar surface area (TPSA) is 62.7 Å². The minimum absolute atomic E-state index is 0.0738. The first-order chi connectivity index (χ1) is 8.60. The van der Waals surface area contributed by atoms with E-state index in [0.29, 0.717) is 18.8 Å². The molecule has 1 aliphatic heterocycles. The van der Waals surface area contributed by atoms with Crippen molar-refractivity contribution in [2.75, 3.05) is 19.7 Å². The van der Waals surface area contributed by atoms with Crippen LogP contribution in [0.15, 0.2) is 22.8 Å². The Labute approximate surface area is 114 Å².